The summed E-state index contributed by atoms with van der Waals surface area (Å²) >= 11 is 0. The van der Waals surface area contributed by atoms with Crippen molar-refractivity contribution in [2.45, 2.75) is 0 Å². The topological polar surface area (TPSA) is 46.5 Å². The third-order valence-corrected chi connectivity index (χ3v) is 2.31. The molecule has 0 heterocycles. The number of benzene rings is 2. The Bertz CT molecular complexity index is 500. The van der Waals surface area contributed by atoms with Gasteiger partial charge < -0.3 is 9.84 Å². The fourth-order valence-corrected chi connectivity index (χ4v) is 1.53. The molecular weight excluding hydrogens is 204 g/mol. The average Bonchev–Trinajstić information content (AvgIpc) is 2.35. The van der Waals surface area contributed by atoms with Crippen LogP contribution in [0.15, 0.2) is 42.5 Å². The summed E-state index contributed by atoms with van der Waals surface area (Å²) in [6, 6.07) is 13.5. The molecule has 0 saturated heterocycles. The minimum absolute atomic E-state index is 0.0928. The summed E-state index contributed by atoms with van der Waals surface area (Å²) in [7, 11) is 0. The number of Topliss-reactive ketones (excluding diaryl/α,β-unsaturated/α-hetero) is 1. The van der Waals surface area contributed by atoms with E-state index in [-0.39, 0.29) is 12.4 Å². The standard InChI is InChI=1S/C13H12O3/c14-8-11(15)9-16-13-7-3-5-10-4-1-2-6-12(10)13/h1-7,14H,8-9H2. The number of ketones is 1. The van der Waals surface area contributed by atoms with Crippen LogP contribution in [0.25, 0.3) is 10.8 Å². The van der Waals surface area contributed by atoms with E-state index in [9.17, 15) is 4.79 Å². The average molecular weight is 216 g/mol. The molecule has 3 heteroatoms. The molecule has 2 aromatic rings. The quantitative estimate of drug-likeness (QED) is 0.847. The molecule has 0 aliphatic rings. The van der Waals surface area contributed by atoms with Crippen LogP contribution in [0.1, 0.15) is 0 Å². The molecule has 0 fully saturated rings. The largest absolute Gasteiger partial charge is 0.485 e. The number of aliphatic hydroxyl groups is 1. The van der Waals surface area contributed by atoms with Crippen molar-refractivity contribution in [2.75, 3.05) is 13.2 Å². The molecule has 82 valence electrons. The van der Waals surface area contributed by atoms with Crippen LogP contribution in [0.4, 0.5) is 0 Å². The zero-order valence-electron chi connectivity index (χ0n) is 8.72. The van der Waals surface area contributed by atoms with Crippen molar-refractivity contribution in [3.05, 3.63) is 42.5 Å². The number of hydrogen-bond acceptors (Lipinski definition) is 3. The van der Waals surface area contributed by atoms with E-state index in [1.54, 1.807) is 0 Å². The summed E-state index contributed by atoms with van der Waals surface area (Å²) in [4.78, 5) is 10.9. The predicted octanol–water partition coefficient (Wildman–Crippen LogP) is 1.78. The van der Waals surface area contributed by atoms with Crippen LogP contribution in [-0.2, 0) is 4.79 Å². The Morgan fingerprint density at radius 3 is 2.69 bits per heavy atom. The number of hydrogen-bond donors (Lipinski definition) is 1. The number of aliphatic hydroxyl groups excluding tert-OH is 1. The molecule has 0 amide bonds. The maximum atomic E-state index is 10.9. The van der Waals surface area contributed by atoms with Gasteiger partial charge in [0.15, 0.2) is 5.78 Å². The zero-order valence-corrected chi connectivity index (χ0v) is 8.72. The number of carbonyl (C=O) groups is 1. The molecule has 1 N–H and O–H groups in total. The van der Waals surface area contributed by atoms with Gasteiger partial charge in [0.1, 0.15) is 19.0 Å². The van der Waals surface area contributed by atoms with Gasteiger partial charge >= 0.3 is 0 Å². The SMILES string of the molecule is O=C(CO)COc1cccc2ccccc12. The Kier molecular flexibility index (Phi) is 3.17. The summed E-state index contributed by atoms with van der Waals surface area (Å²) in [5.74, 6) is 0.341. The van der Waals surface area contributed by atoms with E-state index in [2.05, 4.69) is 0 Å². The Labute approximate surface area is 93.3 Å². The molecule has 0 saturated carbocycles. The minimum Gasteiger partial charge on any atom is -0.485 e. The first-order chi connectivity index (χ1) is 7.81. The second-order valence-corrected chi connectivity index (χ2v) is 3.46. The summed E-state index contributed by atoms with van der Waals surface area (Å²) in [6.07, 6.45) is 0. The van der Waals surface area contributed by atoms with Gasteiger partial charge in [-0.15, -0.1) is 0 Å². The van der Waals surface area contributed by atoms with Gasteiger partial charge in [-0.2, -0.15) is 0 Å². The molecule has 0 bridgehead atoms. The van der Waals surface area contributed by atoms with E-state index in [0.29, 0.717) is 5.75 Å². The lowest BCUT2D eigenvalue weighted by Crippen LogP contribution is -2.14. The van der Waals surface area contributed by atoms with E-state index in [4.69, 9.17) is 9.84 Å². The van der Waals surface area contributed by atoms with Gasteiger partial charge in [-0.25, -0.2) is 0 Å². The van der Waals surface area contributed by atoms with Gasteiger partial charge in [-0.3, -0.25) is 4.79 Å². The van der Waals surface area contributed by atoms with Crippen molar-refractivity contribution in [3.63, 3.8) is 0 Å². The number of ether oxygens (including phenoxy) is 1. The highest BCUT2D eigenvalue weighted by molar-refractivity contribution is 5.88. The summed E-state index contributed by atoms with van der Waals surface area (Å²) in [5.41, 5.74) is 0. The molecule has 0 atom stereocenters. The molecule has 0 unspecified atom stereocenters. The number of fused-ring (bicyclic) bond motifs is 1. The Morgan fingerprint density at radius 2 is 1.88 bits per heavy atom. The van der Waals surface area contributed by atoms with Crippen molar-refractivity contribution in [1.82, 2.24) is 0 Å². The molecule has 2 aromatic carbocycles. The maximum Gasteiger partial charge on any atom is 0.195 e. The van der Waals surface area contributed by atoms with Crippen molar-refractivity contribution in [1.29, 1.82) is 0 Å². The lowest BCUT2D eigenvalue weighted by molar-refractivity contribution is -0.123. The molecule has 0 aromatic heterocycles. The van der Waals surface area contributed by atoms with Gasteiger partial charge in [0.2, 0.25) is 0 Å². The first-order valence-corrected chi connectivity index (χ1v) is 5.04. The summed E-state index contributed by atoms with van der Waals surface area (Å²) in [5, 5.41) is 10.6. The summed E-state index contributed by atoms with van der Waals surface area (Å²) < 4.78 is 5.36. The van der Waals surface area contributed by atoms with Crippen LogP contribution in [0.2, 0.25) is 0 Å². The van der Waals surface area contributed by atoms with E-state index in [1.165, 1.54) is 0 Å². The molecule has 0 aliphatic heterocycles. The minimum atomic E-state index is -0.481. The van der Waals surface area contributed by atoms with Gasteiger partial charge in [-0.05, 0) is 11.5 Å². The highest BCUT2D eigenvalue weighted by Crippen LogP contribution is 2.24. The second kappa shape index (κ2) is 4.77. The molecule has 2 rings (SSSR count). The van der Waals surface area contributed by atoms with Crippen LogP contribution in [0.3, 0.4) is 0 Å². The van der Waals surface area contributed by atoms with Crippen molar-refractivity contribution < 1.29 is 14.6 Å². The van der Waals surface area contributed by atoms with Crippen LogP contribution in [0.5, 0.6) is 5.75 Å². The molecule has 16 heavy (non-hydrogen) atoms. The highest BCUT2D eigenvalue weighted by atomic mass is 16.5. The maximum absolute atomic E-state index is 10.9. The molecular formula is C13H12O3. The smallest absolute Gasteiger partial charge is 0.195 e. The third kappa shape index (κ3) is 2.20. The van der Waals surface area contributed by atoms with Crippen LogP contribution in [0, 0.1) is 0 Å². The molecule has 0 aliphatic carbocycles. The third-order valence-electron chi connectivity index (χ3n) is 2.31. The fourth-order valence-electron chi connectivity index (χ4n) is 1.53. The van der Waals surface area contributed by atoms with Crippen LogP contribution >= 0.6 is 0 Å². The first-order valence-electron chi connectivity index (χ1n) is 5.04. The van der Waals surface area contributed by atoms with E-state index >= 15 is 0 Å². The summed E-state index contributed by atoms with van der Waals surface area (Å²) in [6.45, 7) is -0.574. The van der Waals surface area contributed by atoms with Crippen molar-refractivity contribution >= 4 is 16.6 Å². The normalized spacial score (nSPS) is 10.3. The monoisotopic (exact) mass is 216 g/mol. The Morgan fingerprint density at radius 1 is 1.12 bits per heavy atom. The van der Waals surface area contributed by atoms with Gasteiger partial charge in [-0.1, -0.05) is 36.4 Å². The van der Waals surface area contributed by atoms with E-state index < -0.39 is 6.61 Å². The van der Waals surface area contributed by atoms with Crippen molar-refractivity contribution in [3.8, 4) is 5.75 Å². The van der Waals surface area contributed by atoms with Gasteiger partial charge in [0.25, 0.3) is 0 Å². The van der Waals surface area contributed by atoms with E-state index in [0.717, 1.165) is 10.8 Å². The molecule has 0 spiro atoms. The highest BCUT2D eigenvalue weighted by Gasteiger charge is 2.04. The zero-order chi connectivity index (χ0) is 11.4. The Hall–Kier alpha value is -1.87. The number of carbonyl (C=O) groups excluding carboxylic acids is 1. The number of rotatable bonds is 4. The molecule has 3 nitrogen and oxygen atoms in total. The lowest BCUT2D eigenvalue weighted by atomic mass is 10.1. The van der Waals surface area contributed by atoms with E-state index in [1.807, 2.05) is 42.5 Å². The fraction of sp³-hybridized carbons (Fsp3) is 0.154. The first kappa shape index (κ1) is 10.6. The van der Waals surface area contributed by atoms with Crippen LogP contribution in [-0.4, -0.2) is 24.1 Å². The Balaban J connectivity index is 2.27. The predicted molar refractivity (Wildman–Crippen MR) is 61.5 cm³/mol. The second-order valence-electron chi connectivity index (χ2n) is 3.46. The van der Waals surface area contributed by atoms with Crippen molar-refractivity contribution in [2.24, 2.45) is 0 Å². The molecule has 0 radical (unpaired) electrons. The van der Waals surface area contributed by atoms with Gasteiger partial charge in [0.05, 0.1) is 0 Å². The lowest BCUT2D eigenvalue weighted by Gasteiger charge is -2.07. The van der Waals surface area contributed by atoms with Crippen LogP contribution < -0.4 is 4.74 Å². The van der Waals surface area contributed by atoms with Gasteiger partial charge in [0, 0.05) is 5.39 Å².